The number of nitrogens with one attached hydrogen (secondary N) is 9. The lowest BCUT2D eigenvalue weighted by atomic mass is 9.97. The zero-order chi connectivity index (χ0) is 58.1. The number of carboxylic acids is 4. The lowest BCUT2D eigenvalue weighted by Gasteiger charge is -2.19. The number of benzene rings is 3. The Morgan fingerprint density at radius 3 is 1.67 bits per heavy atom. The maximum atomic E-state index is 14.1. The second-order valence-electron chi connectivity index (χ2n) is 18.0. The second-order valence-corrected chi connectivity index (χ2v) is 18.0. The fraction of sp³-hybridized carbons (Fsp3) is 0.412. The highest BCUT2D eigenvalue weighted by Gasteiger charge is 2.29. The average Bonchev–Trinajstić information content (AvgIpc) is 3.39. The van der Waals surface area contributed by atoms with Crippen LogP contribution in [0, 0.1) is 18.2 Å². The van der Waals surface area contributed by atoms with Crippen LogP contribution in [0.2, 0.25) is 0 Å². The Balaban J connectivity index is 1.37. The first-order chi connectivity index (χ1) is 36.9. The molecule has 0 radical (unpaired) electrons. The molecule has 0 saturated heterocycles. The third kappa shape index (κ3) is 22.1. The minimum atomic E-state index is -1.70. The van der Waals surface area contributed by atoms with E-state index in [2.05, 4.69) is 42.5 Å². The molecule has 2 unspecified atom stereocenters. The number of nitrogen functional groups attached to an aromatic ring is 1. The van der Waals surface area contributed by atoms with Gasteiger partial charge in [-0.3, -0.25) is 34.2 Å². The van der Waals surface area contributed by atoms with Crippen molar-refractivity contribution >= 4 is 88.2 Å². The van der Waals surface area contributed by atoms with Gasteiger partial charge in [0.25, 0.3) is 0 Å². The molecule has 0 aliphatic carbocycles. The van der Waals surface area contributed by atoms with E-state index in [1.54, 1.807) is 62.4 Å². The van der Waals surface area contributed by atoms with E-state index in [4.69, 9.17) is 16.9 Å². The van der Waals surface area contributed by atoms with Crippen molar-refractivity contribution in [1.82, 2.24) is 31.9 Å². The Kier molecular flexibility index (Phi) is 25.8. The molecule has 26 nitrogen and oxygen atoms in total. The molecule has 422 valence electrons. The number of carboxylic acid groups (broad SMARTS) is 4. The largest absolute Gasteiger partial charge is 0.480 e. The van der Waals surface area contributed by atoms with Crippen LogP contribution in [0.4, 0.5) is 26.2 Å². The minimum absolute atomic E-state index is 0.0195. The van der Waals surface area contributed by atoms with Gasteiger partial charge in [0.05, 0.1) is 18.2 Å². The van der Waals surface area contributed by atoms with Crippen LogP contribution in [0.5, 0.6) is 0 Å². The molecule has 0 aliphatic rings. The molecular weight excluding hydrogens is 1030 g/mol. The number of carbonyl (C=O) groups is 11. The maximum Gasteiger partial charge on any atom is 0.326 e. The van der Waals surface area contributed by atoms with E-state index in [0.717, 1.165) is 5.56 Å². The van der Waals surface area contributed by atoms with Crippen LogP contribution in [0.15, 0.2) is 60.7 Å². The summed E-state index contributed by atoms with van der Waals surface area (Å²) in [7, 11) is 0. The third-order valence-electron chi connectivity index (χ3n) is 11.7. The van der Waals surface area contributed by atoms with Crippen LogP contribution in [-0.4, -0.2) is 128 Å². The van der Waals surface area contributed by atoms with Crippen LogP contribution in [0.1, 0.15) is 102 Å². The van der Waals surface area contributed by atoms with E-state index in [1.165, 1.54) is 12.1 Å². The molecule has 0 aromatic heterocycles. The smallest absolute Gasteiger partial charge is 0.326 e. The molecule has 78 heavy (non-hydrogen) atoms. The summed E-state index contributed by atoms with van der Waals surface area (Å²) in [5.74, 6) is -11.6. The van der Waals surface area contributed by atoms with Crippen molar-refractivity contribution in [1.29, 1.82) is 5.41 Å². The molecule has 3 aromatic rings. The maximum absolute atomic E-state index is 14.1. The summed E-state index contributed by atoms with van der Waals surface area (Å²) in [5.41, 5.74) is 14.9. The van der Waals surface area contributed by atoms with Gasteiger partial charge in [-0.2, -0.15) is 0 Å². The van der Waals surface area contributed by atoms with Crippen LogP contribution in [-0.2, 0) is 47.9 Å². The van der Waals surface area contributed by atoms with Crippen molar-refractivity contribution in [3.8, 4) is 11.1 Å². The molecule has 0 heterocycles. The summed E-state index contributed by atoms with van der Waals surface area (Å²) in [4.78, 5) is 135. The summed E-state index contributed by atoms with van der Waals surface area (Å²) >= 11 is 0. The topological polar surface area (TPSA) is 441 Å². The van der Waals surface area contributed by atoms with Gasteiger partial charge in [-0.15, -0.1) is 0 Å². The Bertz CT molecular complexity index is 2690. The fourth-order valence-corrected chi connectivity index (χ4v) is 7.51. The van der Waals surface area contributed by atoms with Crippen LogP contribution in [0.25, 0.3) is 11.1 Å². The van der Waals surface area contributed by atoms with Crippen molar-refractivity contribution in [2.24, 2.45) is 5.73 Å². The molecule has 0 spiro atoms. The first kappa shape index (κ1) is 63.3. The Morgan fingerprint density at radius 2 is 1.14 bits per heavy atom. The van der Waals surface area contributed by atoms with E-state index in [1.807, 2.05) is 0 Å². The third-order valence-corrected chi connectivity index (χ3v) is 11.7. The van der Waals surface area contributed by atoms with Crippen molar-refractivity contribution in [2.75, 3.05) is 22.9 Å². The molecule has 0 aliphatic heterocycles. The molecule has 27 heteroatoms. The lowest BCUT2D eigenvalue weighted by molar-refractivity contribution is -0.144. The van der Waals surface area contributed by atoms with Crippen LogP contribution in [0.3, 0.4) is 0 Å². The highest BCUT2D eigenvalue weighted by atomic mass is 19.1. The number of amides is 8. The molecule has 3 aromatic carbocycles. The van der Waals surface area contributed by atoms with Crippen molar-refractivity contribution in [3.63, 3.8) is 0 Å². The van der Waals surface area contributed by atoms with Crippen molar-refractivity contribution < 1.29 is 77.6 Å². The molecule has 17 N–H and O–H groups in total. The van der Waals surface area contributed by atoms with Gasteiger partial charge < -0.3 is 74.4 Å². The van der Waals surface area contributed by atoms with Gasteiger partial charge in [0, 0.05) is 49.2 Å². The Labute approximate surface area is 446 Å². The molecule has 0 fully saturated rings. The van der Waals surface area contributed by atoms with Crippen LogP contribution < -0.4 is 54.0 Å². The quantitative estimate of drug-likeness (QED) is 0.0184. The number of carbonyl (C=O) groups excluding carboxylic acids is 7. The van der Waals surface area contributed by atoms with Gasteiger partial charge in [0.15, 0.2) is 0 Å². The van der Waals surface area contributed by atoms with Gasteiger partial charge in [-0.1, -0.05) is 50.1 Å². The Morgan fingerprint density at radius 1 is 0.615 bits per heavy atom. The summed E-state index contributed by atoms with van der Waals surface area (Å²) in [6.45, 7) is 3.60. The van der Waals surface area contributed by atoms with Gasteiger partial charge in [-0.05, 0) is 92.5 Å². The monoisotopic (exact) mass is 1090 g/mol. The summed E-state index contributed by atoms with van der Waals surface area (Å²) in [6, 6.07) is 7.54. The van der Waals surface area contributed by atoms with E-state index in [9.17, 15) is 77.6 Å². The number of aryl methyl sites for hydroxylation is 1. The molecule has 5 atom stereocenters. The van der Waals surface area contributed by atoms with Gasteiger partial charge >= 0.3 is 29.9 Å². The molecule has 8 amide bonds. The highest BCUT2D eigenvalue weighted by Crippen LogP contribution is 2.29. The molecule has 0 bridgehead atoms. The van der Waals surface area contributed by atoms with E-state index in [0.29, 0.717) is 42.5 Å². The number of aliphatic carboxylic acids is 4. The van der Waals surface area contributed by atoms with Crippen LogP contribution >= 0.6 is 0 Å². The Hall–Kier alpha value is -9.01. The number of urea groups is 1. The predicted octanol–water partition coefficient (Wildman–Crippen LogP) is 2.28. The zero-order valence-electron chi connectivity index (χ0n) is 42.9. The second kappa shape index (κ2) is 31.8. The van der Waals surface area contributed by atoms with Gasteiger partial charge in [0.2, 0.25) is 35.4 Å². The number of halogens is 1. The number of unbranched alkanes of at least 4 members (excludes halogenated alkanes) is 2. The molecule has 0 saturated carbocycles. The lowest BCUT2D eigenvalue weighted by Crippen LogP contribution is -2.50. The highest BCUT2D eigenvalue weighted by molar-refractivity contribution is 6.13. The predicted molar refractivity (Wildman–Crippen MR) is 280 cm³/mol. The number of rotatable bonds is 32. The fourth-order valence-electron chi connectivity index (χ4n) is 7.51. The van der Waals surface area contributed by atoms with E-state index >= 15 is 0 Å². The number of nitrogens with two attached hydrogens (primary N) is 2. The van der Waals surface area contributed by atoms with E-state index < -0.39 is 146 Å². The first-order valence-electron chi connectivity index (χ1n) is 24.7. The number of anilines is 3. The molecular formula is C51H66FN11O15. The van der Waals surface area contributed by atoms with Crippen molar-refractivity contribution in [2.45, 2.75) is 128 Å². The number of hydrogen-bond donors (Lipinski definition) is 15. The summed E-state index contributed by atoms with van der Waals surface area (Å²) in [6.07, 6.45) is -1.88. The van der Waals surface area contributed by atoms with Gasteiger partial charge in [-0.25, -0.2) is 28.4 Å². The SMILES string of the molecule is CCC[C@H](NC(=O)CCC(NC(=O)CC[C@H](NC(=O)CCC(NC(=O)[C@@H](N)CC(=O)NCCCCCC(=O)NC(=N)c1c(N)cccc1-c1ccc(NC(=O)Nc2cc(C)ccc2F)cc1)C(=O)O)C(=O)O)C(=O)O)C(=O)O. The summed E-state index contributed by atoms with van der Waals surface area (Å²) < 4.78 is 14.1. The van der Waals surface area contributed by atoms with E-state index in [-0.39, 0.29) is 42.2 Å². The zero-order valence-corrected chi connectivity index (χ0v) is 42.9. The number of hydrogen-bond acceptors (Lipinski definition) is 14. The number of amidine groups is 1. The average molecular weight is 1090 g/mol. The summed E-state index contributed by atoms with van der Waals surface area (Å²) in [5, 5.41) is 65.6. The first-order valence-corrected chi connectivity index (χ1v) is 24.7. The minimum Gasteiger partial charge on any atom is -0.480 e. The normalized spacial score (nSPS) is 12.7. The van der Waals surface area contributed by atoms with Gasteiger partial charge in [0.1, 0.15) is 35.8 Å². The molecule has 3 rings (SSSR count). The van der Waals surface area contributed by atoms with Crippen molar-refractivity contribution in [3.05, 3.63) is 77.6 Å². The standard InChI is InChI=1S/C51H66FN11O15/c1-3-8-34(47(70)71)58-40(65)21-18-35(48(72)73)59-41(66)22-19-36(49(74)75)60-42(67)23-20-37(50(76)77)61-46(69)33(54)26-43(68)56-24-6-4-5-11-39(64)63-45(55)44-30(9-7-10-32(44)53)28-13-15-29(16-14-28)57-51(78)62-38-25-27(2)12-17-31(38)52/h7,9-10,12-17,25,33-37H,3-6,8,11,18-24,26,53-54H2,1-2H3,(H,56,68)(H,58,65)(H,59,66)(H,60,67)(H,61,69)(H,70,71)(H,72,73)(H,74,75)(H,76,77)(H2,55,63,64)(H2,57,62,78)/t33-,34-,35?,36-,37?/m0/s1.